The van der Waals surface area contributed by atoms with Crippen LogP contribution in [0.4, 0.5) is 10.1 Å². The number of carbonyl (C=O) groups excluding carboxylic acids is 1. The molecular weight excluding hydrogens is 403 g/mol. The van der Waals surface area contributed by atoms with Gasteiger partial charge < -0.3 is 10.1 Å². The molecule has 2 aromatic carbocycles. The number of ether oxygens (including phenoxy) is 1. The molecule has 0 radical (unpaired) electrons. The first kappa shape index (κ1) is 21.8. The lowest BCUT2D eigenvalue weighted by Crippen LogP contribution is -2.31. The van der Waals surface area contributed by atoms with Crippen molar-refractivity contribution in [3.05, 3.63) is 90.0 Å². The number of hydrogen-bond acceptors (Lipinski definition) is 3. The zero-order valence-corrected chi connectivity index (χ0v) is 18.6. The van der Waals surface area contributed by atoms with Gasteiger partial charge in [0.2, 0.25) is 5.91 Å². The molecule has 3 aromatic rings. The summed E-state index contributed by atoms with van der Waals surface area (Å²) in [6, 6.07) is 13.7. The van der Waals surface area contributed by atoms with Crippen LogP contribution in [0.5, 0.6) is 5.75 Å². The van der Waals surface area contributed by atoms with Crippen molar-refractivity contribution in [1.82, 2.24) is 4.98 Å². The van der Waals surface area contributed by atoms with Crippen LogP contribution in [0.1, 0.15) is 33.6 Å². The zero-order chi connectivity index (χ0) is 22.7. The molecule has 0 fully saturated rings. The number of rotatable bonds is 5. The fourth-order valence-corrected chi connectivity index (χ4v) is 4.30. The monoisotopic (exact) mass is 430 g/mol. The maximum atomic E-state index is 13.2. The number of fused-ring (bicyclic) bond motifs is 1. The summed E-state index contributed by atoms with van der Waals surface area (Å²) in [5.74, 6) is 0.167. The lowest BCUT2D eigenvalue weighted by atomic mass is 9.71. The number of carbonyl (C=O) groups is 1. The van der Waals surface area contributed by atoms with E-state index in [1.54, 1.807) is 30.6 Å². The van der Waals surface area contributed by atoms with Gasteiger partial charge in [0, 0.05) is 34.9 Å². The van der Waals surface area contributed by atoms with Gasteiger partial charge in [0.15, 0.2) is 0 Å². The van der Waals surface area contributed by atoms with Crippen LogP contribution >= 0.6 is 0 Å². The van der Waals surface area contributed by atoms with Gasteiger partial charge in [-0.15, -0.1) is 0 Å². The Balaban J connectivity index is 1.54. The van der Waals surface area contributed by atoms with E-state index >= 15 is 0 Å². The number of benzene rings is 2. The molecule has 0 saturated heterocycles. The van der Waals surface area contributed by atoms with Crippen molar-refractivity contribution in [2.75, 3.05) is 5.32 Å². The maximum absolute atomic E-state index is 13.2. The number of aromatic nitrogens is 1. The molecule has 1 atom stereocenters. The molecule has 1 aliphatic carbocycles. The largest absolute Gasteiger partial charge is 0.486 e. The minimum atomic E-state index is -0.286. The van der Waals surface area contributed by atoms with E-state index in [0.29, 0.717) is 5.75 Å². The van der Waals surface area contributed by atoms with Crippen molar-refractivity contribution in [2.24, 2.45) is 5.41 Å². The molecule has 4 nitrogen and oxygen atoms in total. The first-order chi connectivity index (χ1) is 15.3. The van der Waals surface area contributed by atoms with Crippen molar-refractivity contribution in [3.8, 4) is 5.75 Å². The molecule has 0 saturated carbocycles. The number of halogens is 1. The van der Waals surface area contributed by atoms with Crippen molar-refractivity contribution >= 4 is 22.4 Å². The average molecular weight is 431 g/mol. The van der Waals surface area contributed by atoms with E-state index in [2.05, 4.69) is 24.1 Å². The Hall–Kier alpha value is -3.47. The summed E-state index contributed by atoms with van der Waals surface area (Å²) < 4.78 is 19.3. The highest BCUT2D eigenvalue weighted by atomic mass is 19.1. The minimum absolute atomic E-state index is 0.0748. The Labute approximate surface area is 187 Å². The SMILES string of the molecule is CC1=C(/C=C/C(=O)Nc2cccc3cnccc23)C(C)(C)CCC1Oc1ccc(F)cc1. The van der Waals surface area contributed by atoms with Gasteiger partial charge in [-0.3, -0.25) is 9.78 Å². The van der Waals surface area contributed by atoms with Crippen molar-refractivity contribution in [3.63, 3.8) is 0 Å². The second kappa shape index (κ2) is 8.95. The molecule has 0 bridgehead atoms. The number of amides is 1. The highest BCUT2D eigenvalue weighted by Gasteiger charge is 2.33. The van der Waals surface area contributed by atoms with Crippen molar-refractivity contribution in [2.45, 2.75) is 39.7 Å². The summed E-state index contributed by atoms with van der Waals surface area (Å²) in [7, 11) is 0. The Kier molecular flexibility index (Phi) is 6.08. The fourth-order valence-electron chi connectivity index (χ4n) is 4.30. The minimum Gasteiger partial charge on any atom is -0.486 e. The predicted octanol–water partition coefficient (Wildman–Crippen LogP) is 6.45. The Morgan fingerprint density at radius 3 is 2.75 bits per heavy atom. The normalized spacial score (nSPS) is 18.2. The van der Waals surface area contributed by atoms with Gasteiger partial charge in [-0.25, -0.2) is 4.39 Å². The van der Waals surface area contributed by atoms with Crippen LogP contribution in [0.2, 0.25) is 0 Å². The van der Waals surface area contributed by atoms with Gasteiger partial charge in [-0.1, -0.05) is 32.1 Å². The Bertz CT molecular complexity index is 1190. The fraction of sp³-hybridized carbons (Fsp3) is 0.259. The van der Waals surface area contributed by atoms with Gasteiger partial charge in [-0.2, -0.15) is 0 Å². The van der Waals surface area contributed by atoms with Gasteiger partial charge in [0.05, 0.1) is 0 Å². The maximum Gasteiger partial charge on any atom is 0.248 e. The van der Waals surface area contributed by atoms with Gasteiger partial charge in [-0.05, 0) is 72.7 Å². The van der Waals surface area contributed by atoms with Crippen LogP contribution < -0.4 is 10.1 Å². The second-order valence-corrected chi connectivity index (χ2v) is 8.80. The summed E-state index contributed by atoms with van der Waals surface area (Å²) >= 11 is 0. The number of nitrogens with one attached hydrogen (secondary N) is 1. The van der Waals surface area contributed by atoms with Crippen LogP contribution in [-0.2, 0) is 4.79 Å². The average Bonchev–Trinajstić information content (AvgIpc) is 2.77. The number of nitrogens with zero attached hydrogens (tertiary/aromatic N) is 1. The lowest BCUT2D eigenvalue weighted by Gasteiger charge is -2.37. The molecule has 1 unspecified atom stereocenters. The van der Waals surface area contributed by atoms with Crippen LogP contribution in [0, 0.1) is 11.2 Å². The number of hydrogen-bond donors (Lipinski definition) is 1. The quantitative estimate of drug-likeness (QED) is 0.473. The topological polar surface area (TPSA) is 51.2 Å². The number of pyridine rings is 1. The van der Waals surface area contributed by atoms with E-state index in [-0.39, 0.29) is 23.2 Å². The molecule has 5 heteroatoms. The first-order valence-corrected chi connectivity index (χ1v) is 10.8. The molecule has 0 spiro atoms. The summed E-state index contributed by atoms with van der Waals surface area (Å²) in [5.41, 5.74) is 2.86. The summed E-state index contributed by atoms with van der Waals surface area (Å²) in [4.78, 5) is 16.9. The van der Waals surface area contributed by atoms with Gasteiger partial charge in [0.1, 0.15) is 17.7 Å². The molecule has 4 rings (SSSR count). The third-order valence-electron chi connectivity index (χ3n) is 6.10. The molecule has 1 aliphatic rings. The molecule has 32 heavy (non-hydrogen) atoms. The number of allylic oxidation sites excluding steroid dienone is 2. The van der Waals surface area contributed by atoms with Crippen molar-refractivity contribution in [1.29, 1.82) is 0 Å². The van der Waals surface area contributed by atoms with E-state index in [4.69, 9.17) is 4.74 Å². The van der Waals surface area contributed by atoms with Gasteiger partial charge >= 0.3 is 0 Å². The predicted molar refractivity (Wildman–Crippen MR) is 126 cm³/mol. The van der Waals surface area contributed by atoms with E-state index in [0.717, 1.165) is 40.4 Å². The van der Waals surface area contributed by atoms with Crippen molar-refractivity contribution < 1.29 is 13.9 Å². The standard InChI is InChI=1S/C27H27FN2O2/c1-18-23(27(2,3)15-13-25(18)32-21-9-7-20(28)8-10-21)11-12-26(31)30-24-6-4-5-19-17-29-16-14-22(19)24/h4-12,14,16-17,25H,13,15H2,1-3H3,(H,30,31)/b12-11+. The number of anilines is 1. The molecular formula is C27H27FN2O2. The van der Waals surface area contributed by atoms with Crippen LogP contribution in [0.15, 0.2) is 84.2 Å². The third kappa shape index (κ3) is 4.72. The van der Waals surface area contributed by atoms with Gasteiger partial charge in [0.25, 0.3) is 0 Å². The van der Waals surface area contributed by atoms with Crippen LogP contribution in [-0.4, -0.2) is 17.0 Å². The highest BCUT2D eigenvalue weighted by molar-refractivity contribution is 6.06. The summed E-state index contributed by atoms with van der Waals surface area (Å²) in [6.07, 6.45) is 8.66. The van der Waals surface area contributed by atoms with E-state index < -0.39 is 0 Å². The summed E-state index contributed by atoms with van der Waals surface area (Å²) in [5, 5.41) is 4.90. The highest BCUT2D eigenvalue weighted by Crippen LogP contribution is 2.42. The second-order valence-electron chi connectivity index (χ2n) is 8.80. The zero-order valence-electron chi connectivity index (χ0n) is 18.6. The molecule has 1 amide bonds. The molecule has 1 heterocycles. The van der Waals surface area contributed by atoms with Crippen LogP contribution in [0.3, 0.4) is 0 Å². The lowest BCUT2D eigenvalue weighted by molar-refractivity contribution is -0.111. The Morgan fingerprint density at radius 2 is 1.97 bits per heavy atom. The Morgan fingerprint density at radius 1 is 1.19 bits per heavy atom. The van der Waals surface area contributed by atoms with Crippen LogP contribution in [0.25, 0.3) is 10.8 Å². The molecule has 0 aliphatic heterocycles. The molecule has 164 valence electrons. The van der Waals surface area contributed by atoms with E-state index in [9.17, 15) is 9.18 Å². The molecule has 1 N–H and O–H groups in total. The summed E-state index contributed by atoms with van der Waals surface area (Å²) in [6.45, 7) is 6.41. The van der Waals surface area contributed by atoms with E-state index in [1.165, 1.54) is 12.1 Å². The first-order valence-electron chi connectivity index (χ1n) is 10.8. The third-order valence-corrected chi connectivity index (χ3v) is 6.10. The van der Waals surface area contributed by atoms with E-state index in [1.807, 2.05) is 37.3 Å². The smallest absolute Gasteiger partial charge is 0.248 e. The molecule has 1 aromatic heterocycles.